The molecule has 2 aromatic rings. The highest BCUT2D eigenvalue weighted by molar-refractivity contribution is 5.99. The van der Waals surface area contributed by atoms with Crippen LogP contribution in [-0.4, -0.2) is 61.9 Å². The molecule has 31 heavy (non-hydrogen) atoms. The minimum atomic E-state index is -0.0623. The molecule has 0 unspecified atom stereocenters. The molecule has 162 valence electrons. The first-order valence-electron chi connectivity index (χ1n) is 10.8. The number of hydrogen-bond acceptors (Lipinski definition) is 7. The van der Waals surface area contributed by atoms with Crippen molar-refractivity contribution in [3.63, 3.8) is 0 Å². The Morgan fingerprint density at radius 1 is 1.10 bits per heavy atom. The number of nitrogens with zero attached hydrogens (tertiary/aromatic N) is 2. The van der Waals surface area contributed by atoms with Gasteiger partial charge in [-0.2, -0.15) is 0 Å². The molecule has 8 heteroatoms. The number of anilines is 3. The van der Waals surface area contributed by atoms with Crippen LogP contribution in [-0.2, 0) is 11.2 Å². The number of carbonyl (C=O) groups is 1. The fourth-order valence-electron chi connectivity index (χ4n) is 4.12. The number of carbonyl (C=O) groups excluding carboxylic acids is 1. The van der Waals surface area contributed by atoms with Gasteiger partial charge in [0.15, 0.2) is 11.5 Å². The van der Waals surface area contributed by atoms with E-state index in [2.05, 4.69) is 29.7 Å². The van der Waals surface area contributed by atoms with Crippen molar-refractivity contribution >= 4 is 29.2 Å². The molecular formula is C23H26N4O4. The van der Waals surface area contributed by atoms with Gasteiger partial charge in [-0.3, -0.25) is 4.79 Å². The molecule has 3 heterocycles. The predicted molar refractivity (Wildman–Crippen MR) is 119 cm³/mol. The number of fused-ring (bicyclic) bond motifs is 2. The first kappa shape index (κ1) is 19.7. The van der Waals surface area contributed by atoms with E-state index in [0.717, 1.165) is 41.4 Å². The number of amides is 1. The summed E-state index contributed by atoms with van der Waals surface area (Å²) in [5.74, 6) is 1.70. The second-order valence-electron chi connectivity index (χ2n) is 7.60. The largest absolute Gasteiger partial charge is 0.485 e. The molecule has 1 fully saturated rings. The van der Waals surface area contributed by atoms with Crippen molar-refractivity contribution in [3.05, 3.63) is 41.1 Å². The van der Waals surface area contributed by atoms with Crippen LogP contribution in [0.4, 0.5) is 17.2 Å². The van der Waals surface area contributed by atoms with Gasteiger partial charge in [-0.25, -0.2) is 4.98 Å². The van der Waals surface area contributed by atoms with Crippen LogP contribution in [0.25, 0.3) is 6.08 Å². The average molecular weight is 422 g/mol. The van der Waals surface area contributed by atoms with Crippen LogP contribution in [0, 0.1) is 0 Å². The Hall–Kier alpha value is -3.26. The standard InChI is InChI=1S/C23H26N4O4/c1-2-24-19-14-20(25-17-5-3-4-15(17)19)26-18-7-6-16(21-22(18)31-13-12-30-21)23(28)27-8-10-29-11-9-27/h3-4,6-7,14H,2,5,8-13H2,1H3,(H2,24,25,26). The van der Waals surface area contributed by atoms with Gasteiger partial charge < -0.3 is 29.7 Å². The van der Waals surface area contributed by atoms with E-state index in [0.29, 0.717) is 56.6 Å². The van der Waals surface area contributed by atoms with E-state index in [9.17, 15) is 4.79 Å². The summed E-state index contributed by atoms with van der Waals surface area (Å²) in [6.07, 6.45) is 5.04. The molecule has 0 saturated carbocycles. The number of nitrogens with one attached hydrogen (secondary N) is 2. The fourth-order valence-corrected chi connectivity index (χ4v) is 4.12. The molecule has 3 aliphatic rings. The van der Waals surface area contributed by atoms with Crippen LogP contribution in [0.15, 0.2) is 24.3 Å². The molecule has 2 N–H and O–H groups in total. The van der Waals surface area contributed by atoms with Gasteiger partial charge in [0.1, 0.15) is 19.0 Å². The van der Waals surface area contributed by atoms with Gasteiger partial charge in [-0.05, 0) is 19.1 Å². The van der Waals surface area contributed by atoms with Gasteiger partial charge in [0.25, 0.3) is 5.91 Å². The molecule has 1 aliphatic carbocycles. The maximum atomic E-state index is 13.1. The Morgan fingerprint density at radius 2 is 1.90 bits per heavy atom. The van der Waals surface area contributed by atoms with E-state index >= 15 is 0 Å². The van der Waals surface area contributed by atoms with E-state index in [1.807, 2.05) is 12.1 Å². The highest BCUT2D eigenvalue weighted by atomic mass is 16.6. The van der Waals surface area contributed by atoms with E-state index < -0.39 is 0 Å². The lowest BCUT2D eigenvalue weighted by Crippen LogP contribution is -2.41. The van der Waals surface area contributed by atoms with Crippen LogP contribution < -0.4 is 20.1 Å². The summed E-state index contributed by atoms with van der Waals surface area (Å²) in [7, 11) is 0. The first-order valence-corrected chi connectivity index (χ1v) is 10.8. The predicted octanol–water partition coefficient (Wildman–Crippen LogP) is 3.07. The van der Waals surface area contributed by atoms with Crippen molar-refractivity contribution in [2.24, 2.45) is 0 Å². The van der Waals surface area contributed by atoms with Crippen molar-refractivity contribution in [2.75, 3.05) is 56.7 Å². The van der Waals surface area contributed by atoms with Crippen LogP contribution in [0.2, 0.25) is 0 Å². The third-order valence-electron chi connectivity index (χ3n) is 5.58. The summed E-state index contributed by atoms with van der Waals surface area (Å²) < 4.78 is 17.2. The summed E-state index contributed by atoms with van der Waals surface area (Å²) >= 11 is 0. The van der Waals surface area contributed by atoms with Crippen molar-refractivity contribution in [1.29, 1.82) is 0 Å². The van der Waals surface area contributed by atoms with E-state index in [1.54, 1.807) is 11.0 Å². The van der Waals surface area contributed by atoms with E-state index in [-0.39, 0.29) is 5.91 Å². The molecular weight excluding hydrogens is 396 g/mol. The summed E-state index contributed by atoms with van der Waals surface area (Å²) in [5.41, 5.74) is 4.47. The molecule has 0 radical (unpaired) electrons. The third-order valence-corrected chi connectivity index (χ3v) is 5.58. The topological polar surface area (TPSA) is 85.0 Å². The molecule has 2 aliphatic heterocycles. The number of hydrogen-bond donors (Lipinski definition) is 2. The zero-order valence-electron chi connectivity index (χ0n) is 17.6. The SMILES string of the molecule is CCNc1cc(Nc2ccc(C(=O)N3CCOCC3)c3c2OCCO3)nc2c1C=CC2. The Labute approximate surface area is 181 Å². The number of benzene rings is 1. The molecule has 8 nitrogen and oxygen atoms in total. The van der Waals surface area contributed by atoms with Crippen LogP contribution >= 0.6 is 0 Å². The lowest BCUT2D eigenvalue weighted by atomic mass is 10.1. The molecule has 0 bridgehead atoms. The molecule has 0 atom stereocenters. The summed E-state index contributed by atoms with van der Waals surface area (Å²) in [6, 6.07) is 5.66. The number of morpholine rings is 1. The first-order chi connectivity index (χ1) is 15.2. The Kier molecular flexibility index (Phi) is 5.38. The Bertz CT molecular complexity index is 1030. The number of rotatable bonds is 5. The normalized spacial score (nSPS) is 16.7. The number of ether oxygens (including phenoxy) is 3. The smallest absolute Gasteiger partial charge is 0.257 e. The Balaban J connectivity index is 1.47. The van der Waals surface area contributed by atoms with Crippen molar-refractivity contribution < 1.29 is 19.0 Å². The third kappa shape index (κ3) is 3.79. The summed E-state index contributed by atoms with van der Waals surface area (Å²) in [4.78, 5) is 19.6. The quantitative estimate of drug-likeness (QED) is 0.766. The molecule has 5 rings (SSSR count). The maximum Gasteiger partial charge on any atom is 0.257 e. The Morgan fingerprint density at radius 3 is 2.71 bits per heavy atom. The molecule has 1 amide bonds. The van der Waals surface area contributed by atoms with Gasteiger partial charge in [-0.15, -0.1) is 0 Å². The minimum Gasteiger partial charge on any atom is -0.485 e. The van der Waals surface area contributed by atoms with Crippen molar-refractivity contribution in [2.45, 2.75) is 13.3 Å². The van der Waals surface area contributed by atoms with Crippen LogP contribution in [0.3, 0.4) is 0 Å². The molecule has 1 saturated heterocycles. The van der Waals surface area contributed by atoms with Gasteiger partial charge in [-0.1, -0.05) is 12.2 Å². The zero-order valence-corrected chi connectivity index (χ0v) is 17.6. The highest BCUT2D eigenvalue weighted by Gasteiger charge is 2.28. The minimum absolute atomic E-state index is 0.0623. The molecule has 0 spiro atoms. The lowest BCUT2D eigenvalue weighted by molar-refractivity contribution is 0.0298. The zero-order chi connectivity index (χ0) is 21.2. The van der Waals surface area contributed by atoms with E-state index in [1.165, 1.54) is 0 Å². The number of pyridine rings is 1. The average Bonchev–Trinajstić information content (AvgIpc) is 3.29. The number of aromatic nitrogens is 1. The van der Waals surface area contributed by atoms with Crippen LogP contribution in [0.1, 0.15) is 28.5 Å². The maximum absolute atomic E-state index is 13.1. The van der Waals surface area contributed by atoms with Gasteiger partial charge in [0, 0.05) is 43.4 Å². The molecule has 1 aromatic heterocycles. The summed E-state index contributed by atoms with van der Waals surface area (Å²) in [6.45, 7) is 6.01. The summed E-state index contributed by atoms with van der Waals surface area (Å²) in [5, 5.41) is 6.79. The fraction of sp³-hybridized carbons (Fsp3) is 0.391. The monoisotopic (exact) mass is 422 g/mol. The number of allylic oxidation sites excluding steroid dienone is 1. The second kappa shape index (κ2) is 8.47. The van der Waals surface area contributed by atoms with Crippen molar-refractivity contribution in [3.8, 4) is 11.5 Å². The highest BCUT2D eigenvalue weighted by Crippen LogP contribution is 2.42. The van der Waals surface area contributed by atoms with Crippen molar-refractivity contribution in [1.82, 2.24) is 9.88 Å². The van der Waals surface area contributed by atoms with Gasteiger partial charge >= 0.3 is 0 Å². The van der Waals surface area contributed by atoms with E-state index in [4.69, 9.17) is 19.2 Å². The van der Waals surface area contributed by atoms with Crippen LogP contribution in [0.5, 0.6) is 11.5 Å². The second-order valence-corrected chi connectivity index (χ2v) is 7.60. The lowest BCUT2D eigenvalue weighted by Gasteiger charge is -2.29. The van der Waals surface area contributed by atoms with Gasteiger partial charge in [0.2, 0.25) is 0 Å². The molecule has 1 aromatic carbocycles. The van der Waals surface area contributed by atoms with Gasteiger partial charge in [0.05, 0.1) is 30.2 Å².